The second-order valence-corrected chi connectivity index (χ2v) is 7.30. The zero-order chi connectivity index (χ0) is 18.7. The molecule has 0 bridgehead atoms. The Hall–Kier alpha value is -2.38. The zero-order valence-electron chi connectivity index (χ0n) is 15.1. The number of carboxylic acid groups (broad SMARTS) is 1. The minimum atomic E-state index is -0.871. The molecule has 0 radical (unpaired) electrons. The van der Waals surface area contributed by atoms with Crippen LogP contribution in [-0.2, 0) is 9.59 Å². The van der Waals surface area contributed by atoms with E-state index in [1.165, 1.54) is 17.7 Å². The second kappa shape index (κ2) is 7.88. The fourth-order valence-electron chi connectivity index (χ4n) is 3.80. The number of hydrogen-bond donors (Lipinski definition) is 1. The Kier molecular flexibility index (Phi) is 5.58. The molecular formula is C18H26N4O4. The average molecular weight is 362 g/mol. The summed E-state index contributed by atoms with van der Waals surface area (Å²) in [6.45, 7) is 0.689. The van der Waals surface area contributed by atoms with Crippen LogP contribution in [0.1, 0.15) is 55.1 Å². The molecule has 142 valence electrons. The number of aromatic nitrogens is 2. The van der Waals surface area contributed by atoms with E-state index in [4.69, 9.17) is 5.11 Å². The van der Waals surface area contributed by atoms with Gasteiger partial charge in [-0.2, -0.15) is 5.10 Å². The number of likely N-dealkylation sites (N-methyl/N-ethyl adjacent to an activating group) is 1. The van der Waals surface area contributed by atoms with Crippen LogP contribution in [-0.4, -0.2) is 69.2 Å². The van der Waals surface area contributed by atoms with E-state index in [0.717, 1.165) is 12.8 Å². The second-order valence-electron chi connectivity index (χ2n) is 7.30. The Morgan fingerprint density at radius 1 is 1.23 bits per heavy atom. The molecule has 1 saturated heterocycles. The van der Waals surface area contributed by atoms with Crippen molar-refractivity contribution in [2.75, 3.05) is 26.7 Å². The molecule has 1 aromatic heterocycles. The van der Waals surface area contributed by atoms with Gasteiger partial charge < -0.3 is 14.9 Å². The van der Waals surface area contributed by atoms with E-state index >= 15 is 0 Å². The van der Waals surface area contributed by atoms with Crippen molar-refractivity contribution in [2.45, 2.75) is 44.6 Å². The Morgan fingerprint density at radius 2 is 1.96 bits per heavy atom. The van der Waals surface area contributed by atoms with Gasteiger partial charge in [-0.25, -0.2) is 0 Å². The van der Waals surface area contributed by atoms with Crippen LogP contribution >= 0.6 is 0 Å². The summed E-state index contributed by atoms with van der Waals surface area (Å²) in [5, 5.41) is 13.5. The van der Waals surface area contributed by atoms with Crippen LogP contribution in [0.5, 0.6) is 0 Å². The van der Waals surface area contributed by atoms with Crippen LogP contribution in [0.2, 0.25) is 0 Å². The van der Waals surface area contributed by atoms with Crippen LogP contribution in [0, 0.1) is 5.92 Å². The molecule has 1 aliphatic carbocycles. The highest BCUT2D eigenvalue weighted by Crippen LogP contribution is 2.28. The molecule has 2 heterocycles. The third-order valence-electron chi connectivity index (χ3n) is 5.37. The molecule has 8 nitrogen and oxygen atoms in total. The third kappa shape index (κ3) is 4.05. The van der Waals surface area contributed by atoms with E-state index in [1.807, 2.05) is 10.9 Å². The zero-order valence-corrected chi connectivity index (χ0v) is 15.1. The van der Waals surface area contributed by atoms with Gasteiger partial charge in [0.25, 0.3) is 5.91 Å². The summed E-state index contributed by atoms with van der Waals surface area (Å²) < 4.78 is 1.86. The molecule has 1 saturated carbocycles. The highest BCUT2D eigenvalue weighted by Gasteiger charge is 2.29. The molecule has 2 fully saturated rings. The number of carboxylic acids is 1. The fraction of sp³-hybridized carbons (Fsp3) is 0.667. The third-order valence-corrected chi connectivity index (χ3v) is 5.37. The Balaban J connectivity index is 1.56. The van der Waals surface area contributed by atoms with E-state index in [1.54, 1.807) is 18.0 Å². The van der Waals surface area contributed by atoms with Gasteiger partial charge in [0, 0.05) is 26.3 Å². The maximum atomic E-state index is 12.5. The minimum absolute atomic E-state index is 0.0680. The molecule has 8 heteroatoms. The highest BCUT2D eigenvalue weighted by molar-refractivity contribution is 5.94. The van der Waals surface area contributed by atoms with Crippen LogP contribution in [0.4, 0.5) is 0 Å². The highest BCUT2D eigenvalue weighted by atomic mass is 16.4. The molecule has 1 unspecified atom stereocenters. The first-order chi connectivity index (χ1) is 12.5. The molecule has 3 rings (SSSR count). The number of aliphatic carboxylic acids is 1. The molecule has 26 heavy (non-hydrogen) atoms. The van der Waals surface area contributed by atoms with Crippen LogP contribution in [0.25, 0.3) is 0 Å². The van der Waals surface area contributed by atoms with Crippen molar-refractivity contribution in [3.05, 3.63) is 18.0 Å². The fourth-order valence-corrected chi connectivity index (χ4v) is 3.80. The van der Waals surface area contributed by atoms with Crippen LogP contribution in [0.15, 0.2) is 12.3 Å². The van der Waals surface area contributed by atoms with Crippen molar-refractivity contribution in [2.24, 2.45) is 5.92 Å². The SMILES string of the molecule is CN(CC(=O)N1CCCC(C(=O)O)C1)C(=O)c1ccn(C2CCCC2)n1. The van der Waals surface area contributed by atoms with E-state index in [-0.39, 0.29) is 24.9 Å². The number of carbonyl (C=O) groups is 3. The predicted octanol–water partition coefficient (Wildman–Crippen LogP) is 1.39. The monoisotopic (exact) mass is 362 g/mol. The first-order valence-electron chi connectivity index (χ1n) is 9.27. The normalized spacial score (nSPS) is 21.0. The largest absolute Gasteiger partial charge is 0.481 e. The summed E-state index contributed by atoms with van der Waals surface area (Å²) in [5.74, 6) is -1.90. The summed E-state index contributed by atoms with van der Waals surface area (Å²) in [6.07, 6.45) is 7.65. The molecular weight excluding hydrogens is 336 g/mol. The summed E-state index contributed by atoms with van der Waals surface area (Å²) in [6, 6.07) is 2.06. The number of carbonyl (C=O) groups excluding carboxylic acids is 2. The lowest BCUT2D eigenvalue weighted by Crippen LogP contribution is -2.47. The van der Waals surface area contributed by atoms with Crippen molar-refractivity contribution in [1.82, 2.24) is 19.6 Å². The van der Waals surface area contributed by atoms with Crippen molar-refractivity contribution >= 4 is 17.8 Å². The number of amides is 2. The van der Waals surface area contributed by atoms with Gasteiger partial charge in [0.05, 0.1) is 18.5 Å². The molecule has 1 aromatic rings. The maximum Gasteiger partial charge on any atom is 0.308 e. The first-order valence-corrected chi connectivity index (χ1v) is 9.27. The quantitative estimate of drug-likeness (QED) is 0.854. The van der Waals surface area contributed by atoms with Gasteiger partial charge in [0.15, 0.2) is 0 Å². The predicted molar refractivity (Wildman–Crippen MR) is 93.6 cm³/mol. The molecule has 2 aliphatic rings. The topological polar surface area (TPSA) is 95.7 Å². The van der Waals surface area contributed by atoms with Crippen LogP contribution in [0.3, 0.4) is 0 Å². The molecule has 1 N–H and O–H groups in total. The lowest BCUT2D eigenvalue weighted by atomic mass is 9.98. The smallest absolute Gasteiger partial charge is 0.308 e. The van der Waals surface area contributed by atoms with Crippen molar-refractivity contribution in [3.63, 3.8) is 0 Å². The Bertz CT molecular complexity index is 680. The maximum absolute atomic E-state index is 12.5. The van der Waals surface area contributed by atoms with Crippen molar-refractivity contribution < 1.29 is 19.5 Å². The molecule has 0 aromatic carbocycles. The number of nitrogens with zero attached hydrogens (tertiary/aromatic N) is 4. The molecule has 1 aliphatic heterocycles. The van der Waals surface area contributed by atoms with E-state index in [9.17, 15) is 14.4 Å². The summed E-state index contributed by atoms with van der Waals surface area (Å²) in [5.41, 5.74) is 0.342. The van der Waals surface area contributed by atoms with Gasteiger partial charge in [0.2, 0.25) is 5.91 Å². The van der Waals surface area contributed by atoms with Gasteiger partial charge in [-0.15, -0.1) is 0 Å². The molecule has 0 spiro atoms. The summed E-state index contributed by atoms with van der Waals surface area (Å²) in [7, 11) is 1.58. The summed E-state index contributed by atoms with van der Waals surface area (Å²) >= 11 is 0. The Morgan fingerprint density at radius 3 is 2.65 bits per heavy atom. The van der Waals surface area contributed by atoms with Gasteiger partial charge in [-0.05, 0) is 31.7 Å². The Labute approximate surface area is 152 Å². The molecule has 1 atom stereocenters. The van der Waals surface area contributed by atoms with E-state index in [0.29, 0.717) is 31.1 Å². The lowest BCUT2D eigenvalue weighted by Gasteiger charge is -2.31. The van der Waals surface area contributed by atoms with Crippen molar-refractivity contribution in [1.29, 1.82) is 0 Å². The number of rotatable bonds is 5. The standard InChI is InChI=1S/C18H26N4O4/c1-20(12-16(23)21-9-4-5-13(11-21)18(25)26)17(24)15-8-10-22(19-15)14-6-2-3-7-14/h8,10,13-14H,2-7,9,11-12H2,1H3,(H,25,26). The number of hydrogen-bond acceptors (Lipinski definition) is 4. The van der Waals surface area contributed by atoms with Gasteiger partial charge in [-0.1, -0.05) is 12.8 Å². The first kappa shape index (κ1) is 18.4. The van der Waals surface area contributed by atoms with Crippen molar-refractivity contribution in [3.8, 4) is 0 Å². The minimum Gasteiger partial charge on any atom is -0.481 e. The van der Waals surface area contributed by atoms with Gasteiger partial charge in [0.1, 0.15) is 5.69 Å². The number of likely N-dealkylation sites (tertiary alicyclic amines) is 1. The average Bonchev–Trinajstić information content (AvgIpc) is 3.32. The van der Waals surface area contributed by atoms with Crippen LogP contribution < -0.4 is 0 Å². The van der Waals surface area contributed by atoms with E-state index in [2.05, 4.69) is 5.10 Å². The number of piperidine rings is 1. The van der Waals surface area contributed by atoms with E-state index < -0.39 is 11.9 Å². The van der Waals surface area contributed by atoms with Gasteiger partial charge in [-0.3, -0.25) is 19.1 Å². The summed E-state index contributed by atoms with van der Waals surface area (Å²) in [4.78, 5) is 39.0. The lowest BCUT2D eigenvalue weighted by molar-refractivity contribution is -0.145. The van der Waals surface area contributed by atoms with Gasteiger partial charge >= 0.3 is 5.97 Å². The molecule has 2 amide bonds.